The van der Waals surface area contributed by atoms with E-state index < -0.39 is 0 Å². The van der Waals surface area contributed by atoms with E-state index in [0.717, 1.165) is 36.1 Å². The van der Waals surface area contributed by atoms with Gasteiger partial charge >= 0.3 is 0 Å². The number of hydrogen-bond donors (Lipinski definition) is 2. The standard InChI is InChI=1S/C28H32N4O2/c33-18-26(15-25-16-29-19-30-25)31-27-14-23-8-4-5-9-24(23)17-32(27)28(34)22-12-10-21(11-13-22)20-6-2-1-3-7-20/h1-3,6-7,10-13,16,18-19,23-24,26-27,31H,4-5,8-9,14-15,17H2,(H,29,30)/t23-,24-,26+,27+/m1/s1. The Balaban J connectivity index is 1.35. The summed E-state index contributed by atoms with van der Waals surface area (Å²) in [5.41, 5.74) is 3.83. The van der Waals surface area contributed by atoms with Crippen molar-refractivity contribution < 1.29 is 9.59 Å². The summed E-state index contributed by atoms with van der Waals surface area (Å²) in [5.74, 6) is 1.18. The third kappa shape index (κ3) is 4.97. The van der Waals surface area contributed by atoms with Gasteiger partial charge in [-0.2, -0.15) is 0 Å². The summed E-state index contributed by atoms with van der Waals surface area (Å²) in [7, 11) is 0. The molecule has 0 bridgehead atoms. The van der Waals surface area contributed by atoms with Gasteiger partial charge in [0.05, 0.1) is 18.5 Å². The lowest BCUT2D eigenvalue weighted by Crippen LogP contribution is -2.59. The molecule has 2 aromatic carbocycles. The maximum atomic E-state index is 13.7. The number of rotatable bonds is 7. The summed E-state index contributed by atoms with van der Waals surface area (Å²) in [4.78, 5) is 34.7. The number of nitrogens with one attached hydrogen (secondary N) is 2. The van der Waals surface area contributed by atoms with E-state index in [0.29, 0.717) is 23.8 Å². The maximum Gasteiger partial charge on any atom is 0.255 e. The van der Waals surface area contributed by atoms with Gasteiger partial charge in [0.2, 0.25) is 0 Å². The molecule has 2 aliphatic rings. The number of piperidine rings is 1. The van der Waals surface area contributed by atoms with Crippen LogP contribution in [0.2, 0.25) is 0 Å². The zero-order valence-corrected chi connectivity index (χ0v) is 19.4. The number of nitrogens with zero attached hydrogens (tertiary/aromatic N) is 2. The van der Waals surface area contributed by atoms with Gasteiger partial charge in [-0.25, -0.2) is 4.98 Å². The zero-order chi connectivity index (χ0) is 23.3. The molecular weight excluding hydrogens is 424 g/mol. The molecule has 1 saturated heterocycles. The Labute approximate surface area is 200 Å². The van der Waals surface area contributed by atoms with Gasteiger partial charge in [-0.05, 0) is 54.4 Å². The number of carbonyl (C=O) groups is 2. The van der Waals surface area contributed by atoms with Crippen molar-refractivity contribution in [3.63, 3.8) is 0 Å². The number of benzene rings is 2. The first-order valence-corrected chi connectivity index (χ1v) is 12.4. The predicted molar refractivity (Wildman–Crippen MR) is 132 cm³/mol. The second kappa shape index (κ2) is 10.3. The molecule has 1 aromatic heterocycles. The fourth-order valence-corrected chi connectivity index (χ4v) is 5.64. The number of aromatic nitrogens is 2. The minimum Gasteiger partial charge on any atom is -0.348 e. The molecule has 1 amide bonds. The first-order valence-electron chi connectivity index (χ1n) is 12.4. The van der Waals surface area contributed by atoms with Crippen LogP contribution in [-0.2, 0) is 11.2 Å². The summed E-state index contributed by atoms with van der Waals surface area (Å²) < 4.78 is 0. The summed E-state index contributed by atoms with van der Waals surface area (Å²) >= 11 is 0. The third-order valence-corrected chi connectivity index (χ3v) is 7.47. The highest BCUT2D eigenvalue weighted by atomic mass is 16.2. The molecule has 2 N–H and O–H groups in total. The zero-order valence-electron chi connectivity index (χ0n) is 19.4. The first kappa shape index (κ1) is 22.5. The maximum absolute atomic E-state index is 13.7. The molecule has 5 rings (SSSR count). The molecule has 3 aromatic rings. The first-order chi connectivity index (χ1) is 16.7. The van der Waals surface area contributed by atoms with Gasteiger partial charge in [-0.3, -0.25) is 10.1 Å². The number of H-pyrrole nitrogens is 1. The van der Waals surface area contributed by atoms with Crippen LogP contribution in [-0.4, -0.2) is 45.8 Å². The largest absolute Gasteiger partial charge is 0.348 e. The second-order valence-corrected chi connectivity index (χ2v) is 9.65. The van der Waals surface area contributed by atoms with Gasteiger partial charge in [-0.15, -0.1) is 0 Å². The van der Waals surface area contributed by atoms with Gasteiger partial charge in [0.15, 0.2) is 0 Å². The Morgan fingerprint density at radius 1 is 1.06 bits per heavy atom. The molecule has 0 spiro atoms. The molecule has 1 saturated carbocycles. The van der Waals surface area contributed by atoms with E-state index in [1.165, 1.54) is 25.7 Å². The van der Waals surface area contributed by atoms with Crippen LogP contribution in [0.1, 0.15) is 48.2 Å². The summed E-state index contributed by atoms with van der Waals surface area (Å²) in [6.45, 7) is 0.747. The Hall–Kier alpha value is -3.25. The lowest BCUT2D eigenvalue weighted by molar-refractivity contribution is -0.110. The van der Waals surface area contributed by atoms with Gasteiger partial charge in [0.25, 0.3) is 5.91 Å². The summed E-state index contributed by atoms with van der Waals surface area (Å²) in [6, 6.07) is 17.7. The number of imidazole rings is 1. The topological polar surface area (TPSA) is 78.1 Å². The Morgan fingerprint density at radius 3 is 2.50 bits per heavy atom. The molecule has 4 atom stereocenters. The van der Waals surface area contributed by atoms with Crippen LogP contribution < -0.4 is 5.32 Å². The highest BCUT2D eigenvalue weighted by Gasteiger charge is 2.39. The van der Waals surface area contributed by atoms with Crippen molar-refractivity contribution in [3.8, 4) is 11.1 Å². The lowest BCUT2D eigenvalue weighted by Gasteiger charge is -2.47. The van der Waals surface area contributed by atoms with Crippen LogP contribution in [0.5, 0.6) is 0 Å². The third-order valence-electron chi connectivity index (χ3n) is 7.47. The van der Waals surface area contributed by atoms with E-state index in [2.05, 4.69) is 27.4 Å². The molecule has 0 radical (unpaired) electrons. The van der Waals surface area contributed by atoms with Crippen LogP contribution in [0, 0.1) is 11.8 Å². The van der Waals surface area contributed by atoms with Crippen LogP contribution >= 0.6 is 0 Å². The average Bonchev–Trinajstić information content (AvgIpc) is 3.41. The molecule has 6 nitrogen and oxygen atoms in total. The van der Waals surface area contributed by atoms with Crippen LogP contribution in [0.3, 0.4) is 0 Å². The molecule has 2 fully saturated rings. The molecular formula is C28H32N4O2. The monoisotopic (exact) mass is 456 g/mol. The van der Waals surface area contributed by atoms with Crippen molar-refractivity contribution in [1.29, 1.82) is 0 Å². The molecule has 6 heteroatoms. The summed E-state index contributed by atoms with van der Waals surface area (Å²) in [5, 5.41) is 3.50. The van der Waals surface area contributed by atoms with Crippen molar-refractivity contribution in [3.05, 3.63) is 78.4 Å². The fourth-order valence-electron chi connectivity index (χ4n) is 5.64. The Bertz CT molecular complexity index is 1080. The minimum absolute atomic E-state index is 0.0346. The number of aldehydes is 1. The fraction of sp³-hybridized carbons (Fsp3) is 0.393. The number of amides is 1. The SMILES string of the molecule is O=C[C@H](Cc1cnc[nH]1)N[C@@H]1C[C@H]2CCCC[C@@H]2CN1C(=O)c1ccc(-c2ccccc2)cc1. The molecule has 2 heterocycles. The van der Waals surface area contributed by atoms with E-state index in [1.54, 1.807) is 12.5 Å². The number of fused-ring (bicyclic) bond motifs is 1. The van der Waals surface area contributed by atoms with Crippen LogP contribution in [0.4, 0.5) is 0 Å². The van der Waals surface area contributed by atoms with E-state index in [1.807, 2.05) is 47.4 Å². The quantitative estimate of drug-likeness (QED) is 0.515. The molecule has 1 aliphatic heterocycles. The van der Waals surface area contributed by atoms with Crippen molar-refractivity contribution in [2.24, 2.45) is 11.8 Å². The average molecular weight is 457 g/mol. The van der Waals surface area contributed by atoms with E-state index in [9.17, 15) is 9.59 Å². The summed E-state index contributed by atoms with van der Waals surface area (Å²) in [6.07, 6.45) is 10.5. The van der Waals surface area contributed by atoms with E-state index in [4.69, 9.17) is 0 Å². The van der Waals surface area contributed by atoms with Crippen molar-refractivity contribution in [1.82, 2.24) is 20.2 Å². The van der Waals surface area contributed by atoms with E-state index in [-0.39, 0.29) is 18.1 Å². The van der Waals surface area contributed by atoms with Gasteiger partial charge in [-0.1, -0.05) is 55.3 Å². The number of hydrogen-bond acceptors (Lipinski definition) is 4. The van der Waals surface area contributed by atoms with Gasteiger partial charge < -0.3 is 14.7 Å². The number of aromatic amines is 1. The van der Waals surface area contributed by atoms with Crippen LogP contribution in [0.25, 0.3) is 11.1 Å². The number of likely N-dealkylation sites (tertiary alicyclic amines) is 1. The molecule has 1 aliphatic carbocycles. The lowest BCUT2D eigenvalue weighted by atomic mass is 9.74. The smallest absolute Gasteiger partial charge is 0.255 e. The Morgan fingerprint density at radius 2 is 1.79 bits per heavy atom. The predicted octanol–water partition coefficient (Wildman–Crippen LogP) is 4.45. The molecule has 0 unspecified atom stereocenters. The second-order valence-electron chi connectivity index (χ2n) is 9.65. The highest BCUT2D eigenvalue weighted by molar-refractivity contribution is 5.95. The Kier molecular flexibility index (Phi) is 6.86. The van der Waals surface area contributed by atoms with Crippen molar-refractivity contribution in [2.45, 2.75) is 50.7 Å². The minimum atomic E-state index is -0.374. The van der Waals surface area contributed by atoms with Crippen molar-refractivity contribution >= 4 is 12.2 Å². The van der Waals surface area contributed by atoms with Crippen LogP contribution in [0.15, 0.2) is 67.1 Å². The van der Waals surface area contributed by atoms with E-state index >= 15 is 0 Å². The number of carbonyl (C=O) groups excluding carboxylic acids is 2. The normalized spacial score (nSPS) is 23.2. The highest BCUT2D eigenvalue weighted by Crippen LogP contribution is 2.38. The molecule has 176 valence electrons. The van der Waals surface area contributed by atoms with Gasteiger partial charge in [0, 0.05) is 30.4 Å². The van der Waals surface area contributed by atoms with Crippen molar-refractivity contribution in [2.75, 3.05) is 6.54 Å². The van der Waals surface area contributed by atoms with Gasteiger partial charge in [0.1, 0.15) is 6.29 Å². The molecule has 34 heavy (non-hydrogen) atoms.